The van der Waals surface area contributed by atoms with Gasteiger partial charge in [0.1, 0.15) is 11.4 Å². The summed E-state index contributed by atoms with van der Waals surface area (Å²) in [5, 5.41) is 31.6. The van der Waals surface area contributed by atoms with E-state index in [9.17, 15) is 29.4 Å². The minimum atomic E-state index is -1.72. The van der Waals surface area contributed by atoms with Gasteiger partial charge in [-0.15, -0.1) is 0 Å². The number of aliphatic hydroxyl groups excluding tert-OH is 1. The van der Waals surface area contributed by atoms with E-state index in [1.54, 1.807) is 0 Å². The van der Waals surface area contributed by atoms with Gasteiger partial charge in [-0.2, -0.15) is 0 Å². The molecule has 0 saturated heterocycles. The number of esters is 1. The Balaban J connectivity index is 1.53. The predicted molar refractivity (Wildman–Crippen MR) is 116 cm³/mol. The van der Waals surface area contributed by atoms with Crippen LogP contribution in [0.15, 0.2) is 11.6 Å². The molecule has 4 aliphatic carbocycles. The van der Waals surface area contributed by atoms with Crippen molar-refractivity contribution in [3.05, 3.63) is 11.6 Å². The molecule has 182 valence electrons. The molecule has 3 fully saturated rings. The van der Waals surface area contributed by atoms with Gasteiger partial charge < -0.3 is 20.1 Å². The van der Waals surface area contributed by atoms with Crippen LogP contribution < -0.4 is 0 Å². The van der Waals surface area contributed by atoms with E-state index in [-0.39, 0.29) is 54.6 Å². The van der Waals surface area contributed by atoms with Crippen LogP contribution in [0.2, 0.25) is 0 Å². The second-order valence-corrected chi connectivity index (χ2v) is 11.0. The lowest BCUT2D eigenvalue weighted by molar-refractivity contribution is -0.182. The highest BCUT2D eigenvalue weighted by Gasteiger charge is 2.68. The number of ether oxygens (including phenoxy) is 1. The Kier molecular flexibility index (Phi) is 6.06. The minimum Gasteiger partial charge on any atom is -0.481 e. The van der Waals surface area contributed by atoms with Crippen LogP contribution in [-0.4, -0.2) is 57.1 Å². The average molecular weight is 463 g/mol. The van der Waals surface area contributed by atoms with Crippen LogP contribution in [0.5, 0.6) is 0 Å². The quantitative estimate of drug-likeness (QED) is 0.403. The maximum absolute atomic E-state index is 13.1. The Morgan fingerprint density at radius 1 is 1.18 bits per heavy atom. The zero-order chi connectivity index (χ0) is 24.2. The van der Waals surface area contributed by atoms with Gasteiger partial charge in [-0.3, -0.25) is 19.2 Å². The number of hydrogen-bond acceptors (Lipinski definition) is 7. The fourth-order valence-electron chi connectivity index (χ4n) is 7.62. The van der Waals surface area contributed by atoms with Crippen LogP contribution in [0.25, 0.3) is 0 Å². The highest BCUT2D eigenvalue weighted by atomic mass is 16.5. The normalized spacial score (nSPS) is 41.9. The van der Waals surface area contributed by atoms with Crippen LogP contribution in [-0.2, 0) is 23.9 Å². The van der Waals surface area contributed by atoms with E-state index in [4.69, 9.17) is 9.84 Å². The molecule has 3 saturated carbocycles. The molecule has 0 spiro atoms. The van der Waals surface area contributed by atoms with Gasteiger partial charge >= 0.3 is 11.9 Å². The number of rotatable bonds is 6. The highest BCUT2D eigenvalue weighted by Crippen LogP contribution is 2.67. The van der Waals surface area contributed by atoms with Crippen LogP contribution in [0.3, 0.4) is 0 Å². The number of carboxylic acids is 1. The Hall–Kier alpha value is -2.06. The van der Waals surface area contributed by atoms with Crippen molar-refractivity contribution in [1.29, 1.82) is 0 Å². The van der Waals surface area contributed by atoms with Crippen molar-refractivity contribution < 1.29 is 39.2 Å². The van der Waals surface area contributed by atoms with E-state index in [1.807, 2.05) is 6.92 Å². The van der Waals surface area contributed by atoms with Crippen molar-refractivity contribution in [2.24, 2.45) is 28.6 Å². The van der Waals surface area contributed by atoms with Crippen molar-refractivity contribution in [2.75, 3.05) is 6.61 Å². The van der Waals surface area contributed by atoms with Crippen molar-refractivity contribution >= 4 is 23.5 Å². The summed E-state index contributed by atoms with van der Waals surface area (Å²) in [6, 6.07) is 0. The molecule has 4 rings (SSSR count). The van der Waals surface area contributed by atoms with Gasteiger partial charge in [0.15, 0.2) is 6.61 Å². The van der Waals surface area contributed by atoms with E-state index in [2.05, 4.69) is 13.0 Å². The van der Waals surface area contributed by atoms with Gasteiger partial charge in [0.2, 0.25) is 5.78 Å². The lowest BCUT2D eigenvalue weighted by Crippen LogP contribution is -2.61. The van der Waals surface area contributed by atoms with Gasteiger partial charge in [-0.05, 0) is 55.3 Å². The molecule has 8 nitrogen and oxygen atoms in total. The molecule has 0 radical (unpaired) electrons. The summed E-state index contributed by atoms with van der Waals surface area (Å²) in [4.78, 5) is 47.5. The fourth-order valence-corrected chi connectivity index (χ4v) is 7.62. The van der Waals surface area contributed by atoms with Gasteiger partial charge in [0.05, 0.1) is 18.9 Å². The first-order valence-electron chi connectivity index (χ1n) is 11.9. The number of ketones is 2. The topological polar surface area (TPSA) is 138 Å². The summed E-state index contributed by atoms with van der Waals surface area (Å²) >= 11 is 0. The maximum Gasteiger partial charge on any atom is 0.306 e. The van der Waals surface area contributed by atoms with Crippen LogP contribution in [0, 0.1) is 28.6 Å². The van der Waals surface area contributed by atoms with E-state index in [1.165, 1.54) is 0 Å². The molecule has 33 heavy (non-hydrogen) atoms. The molecule has 0 aromatic carbocycles. The largest absolute Gasteiger partial charge is 0.481 e. The van der Waals surface area contributed by atoms with Crippen molar-refractivity contribution in [2.45, 2.75) is 83.3 Å². The third-order valence-corrected chi connectivity index (χ3v) is 9.39. The average Bonchev–Trinajstić information content (AvgIpc) is 3.02. The first-order chi connectivity index (χ1) is 15.4. The van der Waals surface area contributed by atoms with Gasteiger partial charge in [0.25, 0.3) is 0 Å². The molecular weight excluding hydrogens is 428 g/mol. The third-order valence-electron chi connectivity index (χ3n) is 9.39. The number of hydrogen-bond donors (Lipinski definition) is 3. The lowest BCUT2D eigenvalue weighted by Gasteiger charge is -2.59. The zero-order valence-electron chi connectivity index (χ0n) is 19.3. The van der Waals surface area contributed by atoms with E-state index >= 15 is 0 Å². The summed E-state index contributed by atoms with van der Waals surface area (Å²) in [6.45, 7) is 3.41. The summed E-state index contributed by atoms with van der Waals surface area (Å²) in [7, 11) is 0. The first-order valence-corrected chi connectivity index (χ1v) is 11.9. The van der Waals surface area contributed by atoms with E-state index < -0.39 is 41.4 Å². The summed E-state index contributed by atoms with van der Waals surface area (Å²) < 4.78 is 4.97. The van der Waals surface area contributed by atoms with Crippen molar-refractivity contribution in [3.8, 4) is 0 Å². The molecule has 0 bridgehead atoms. The predicted octanol–water partition coefficient (Wildman–Crippen LogP) is 2.20. The Labute approximate surface area is 193 Å². The molecule has 3 unspecified atom stereocenters. The van der Waals surface area contributed by atoms with Crippen molar-refractivity contribution in [1.82, 2.24) is 0 Å². The molecule has 0 amide bonds. The molecule has 8 heteroatoms. The minimum absolute atomic E-state index is 0.0185. The molecule has 3 N–H and O–H groups in total. The third kappa shape index (κ3) is 3.75. The summed E-state index contributed by atoms with van der Waals surface area (Å²) in [5.41, 5.74) is -1.70. The standard InChI is InChI=1S/C25H34O8/c1-23-9-7-15(26)11-14(23)3-4-16-17-8-10-25(32,24(17,2)12-18(27)22(16)23)19(28)13-33-21(31)6-5-20(29)30/h3,16-18,22,27,32H,4-13H2,1-2H3,(H,29,30)/t16?,17?,18-,22?,23-,24-,25-/m0/s1. The maximum atomic E-state index is 13.1. The summed E-state index contributed by atoms with van der Waals surface area (Å²) in [6.07, 6.45) is 4.26. The Bertz CT molecular complexity index is 908. The molecule has 0 aromatic heterocycles. The van der Waals surface area contributed by atoms with Gasteiger partial charge in [0, 0.05) is 18.3 Å². The Morgan fingerprint density at radius 3 is 2.61 bits per heavy atom. The first kappa shape index (κ1) is 24.1. The highest BCUT2D eigenvalue weighted by molar-refractivity contribution is 5.91. The molecule has 4 aliphatic rings. The van der Waals surface area contributed by atoms with Crippen molar-refractivity contribution in [3.63, 3.8) is 0 Å². The lowest BCUT2D eigenvalue weighted by atomic mass is 9.46. The number of aliphatic hydroxyl groups is 2. The molecule has 0 aliphatic heterocycles. The summed E-state index contributed by atoms with van der Waals surface area (Å²) in [5.74, 6) is -2.17. The van der Waals surface area contributed by atoms with Crippen LogP contribution in [0.1, 0.15) is 71.6 Å². The number of allylic oxidation sites excluding steroid dienone is 2. The second kappa shape index (κ2) is 8.31. The zero-order valence-corrected chi connectivity index (χ0v) is 19.3. The molecule has 7 atom stereocenters. The molecule has 0 aromatic rings. The van der Waals surface area contributed by atoms with Crippen LogP contribution >= 0.6 is 0 Å². The number of fused-ring (bicyclic) bond motifs is 5. The number of aliphatic carboxylic acids is 1. The van der Waals surface area contributed by atoms with Gasteiger partial charge in [-0.1, -0.05) is 25.5 Å². The van der Waals surface area contributed by atoms with Gasteiger partial charge in [-0.25, -0.2) is 0 Å². The fraction of sp³-hybridized carbons (Fsp3) is 0.760. The SMILES string of the molecule is C[C@]12CCC(=O)CC1=CCC1C2[C@@H](O)C[C@@]2(C)C1CC[C@]2(O)C(=O)COC(=O)CCC(=O)O. The smallest absolute Gasteiger partial charge is 0.306 e. The number of carboxylic acid groups (broad SMARTS) is 1. The monoisotopic (exact) mass is 462 g/mol. The molecule has 0 heterocycles. The number of Topliss-reactive ketones (excluding diaryl/α,β-unsaturated/α-hetero) is 2. The van der Waals surface area contributed by atoms with E-state index in [0.29, 0.717) is 25.7 Å². The van der Waals surface area contributed by atoms with E-state index in [0.717, 1.165) is 12.0 Å². The molecular formula is C25H34O8. The Morgan fingerprint density at radius 2 is 1.91 bits per heavy atom. The number of carbonyl (C=O) groups excluding carboxylic acids is 3. The van der Waals surface area contributed by atoms with Crippen LogP contribution in [0.4, 0.5) is 0 Å². The second-order valence-electron chi connectivity index (χ2n) is 11.0. The number of carbonyl (C=O) groups is 4.